The smallest absolute Gasteiger partial charge is 0.319 e. The van der Waals surface area contributed by atoms with E-state index < -0.39 is 5.54 Å². The minimum absolute atomic E-state index is 0.180. The fourth-order valence-corrected chi connectivity index (χ4v) is 3.47. The lowest BCUT2D eigenvalue weighted by Gasteiger charge is -2.25. The van der Waals surface area contributed by atoms with E-state index in [9.17, 15) is 9.59 Å². The Bertz CT molecular complexity index is 765. The topological polar surface area (TPSA) is 49.4 Å². The Balaban J connectivity index is 1.94. The number of aryl methyl sites for hydroxylation is 2. The van der Waals surface area contributed by atoms with Gasteiger partial charge in [-0.15, -0.1) is 0 Å². The summed E-state index contributed by atoms with van der Waals surface area (Å²) in [5, 5.41) is 2.92. The molecular weight excluding hydrogens is 300 g/mol. The number of carbonyl (C=O) groups excluding carboxylic acids is 2. The van der Waals surface area contributed by atoms with Crippen LogP contribution < -0.4 is 5.32 Å². The van der Waals surface area contributed by atoms with Crippen LogP contribution >= 0.6 is 0 Å². The molecule has 0 saturated carbocycles. The van der Waals surface area contributed by atoms with E-state index >= 15 is 0 Å². The van der Waals surface area contributed by atoms with Crippen LogP contribution in [0.3, 0.4) is 0 Å². The molecule has 0 radical (unpaired) electrons. The number of amides is 3. The van der Waals surface area contributed by atoms with Crippen molar-refractivity contribution in [2.75, 3.05) is 0 Å². The second-order valence-electron chi connectivity index (χ2n) is 6.44. The van der Waals surface area contributed by atoms with Gasteiger partial charge >= 0.3 is 6.03 Å². The van der Waals surface area contributed by atoms with Gasteiger partial charge in [-0.05, 0) is 31.4 Å². The first kappa shape index (κ1) is 16.2. The van der Waals surface area contributed by atoms with Crippen molar-refractivity contribution in [2.45, 2.75) is 39.3 Å². The van der Waals surface area contributed by atoms with Crippen molar-refractivity contribution in [2.24, 2.45) is 0 Å². The number of urea groups is 1. The summed E-state index contributed by atoms with van der Waals surface area (Å²) in [5.41, 5.74) is 3.09. The third-order valence-electron chi connectivity index (χ3n) is 4.59. The zero-order valence-electron chi connectivity index (χ0n) is 14.3. The molecule has 2 aromatic rings. The van der Waals surface area contributed by atoms with Crippen LogP contribution in [0.5, 0.6) is 0 Å². The molecule has 124 valence electrons. The fraction of sp³-hybridized carbons (Fsp3) is 0.300. The maximum Gasteiger partial charge on any atom is 0.325 e. The standard InChI is InChI=1S/C20H22N2O2/c1-4-20(17-8-6-5-7-9-17)18(23)22(19(24)21-20)13-16-11-14(2)10-15(3)12-16/h5-12H,4,13H2,1-3H3,(H,21,24)/t20-/m0/s1. The van der Waals surface area contributed by atoms with Gasteiger partial charge in [-0.3, -0.25) is 9.69 Å². The third-order valence-corrected chi connectivity index (χ3v) is 4.59. The summed E-state index contributed by atoms with van der Waals surface area (Å²) in [4.78, 5) is 26.9. The Morgan fingerprint density at radius 3 is 2.21 bits per heavy atom. The van der Waals surface area contributed by atoms with Gasteiger partial charge < -0.3 is 5.32 Å². The highest BCUT2D eigenvalue weighted by Crippen LogP contribution is 2.33. The van der Waals surface area contributed by atoms with Crippen molar-refractivity contribution < 1.29 is 9.59 Å². The third kappa shape index (κ3) is 2.68. The number of carbonyl (C=O) groups is 2. The van der Waals surface area contributed by atoms with E-state index in [1.165, 1.54) is 4.90 Å². The number of nitrogens with one attached hydrogen (secondary N) is 1. The molecular formula is C20H22N2O2. The molecule has 3 rings (SSSR count). The molecule has 0 spiro atoms. The molecule has 1 atom stereocenters. The van der Waals surface area contributed by atoms with Crippen LogP contribution in [0.4, 0.5) is 4.79 Å². The molecule has 1 N–H and O–H groups in total. The van der Waals surface area contributed by atoms with Gasteiger partial charge in [-0.2, -0.15) is 0 Å². The van der Waals surface area contributed by atoms with Crippen LogP contribution in [-0.2, 0) is 16.9 Å². The predicted molar refractivity (Wildman–Crippen MR) is 93.4 cm³/mol. The van der Waals surface area contributed by atoms with Crippen molar-refractivity contribution in [3.63, 3.8) is 0 Å². The van der Waals surface area contributed by atoms with Crippen molar-refractivity contribution >= 4 is 11.9 Å². The molecule has 0 aliphatic carbocycles. The summed E-state index contributed by atoms with van der Waals surface area (Å²) >= 11 is 0. The van der Waals surface area contributed by atoms with Gasteiger partial charge in [-0.1, -0.05) is 66.6 Å². The maximum absolute atomic E-state index is 13.1. The normalized spacial score (nSPS) is 20.4. The lowest BCUT2D eigenvalue weighted by Crippen LogP contribution is -2.43. The van der Waals surface area contributed by atoms with Crippen LogP contribution in [0, 0.1) is 13.8 Å². The molecule has 4 nitrogen and oxygen atoms in total. The Morgan fingerprint density at radius 1 is 1.00 bits per heavy atom. The zero-order chi connectivity index (χ0) is 17.3. The molecule has 1 fully saturated rings. The fourth-order valence-electron chi connectivity index (χ4n) is 3.47. The summed E-state index contributed by atoms with van der Waals surface area (Å²) in [5.74, 6) is -0.180. The molecule has 3 amide bonds. The molecule has 1 saturated heterocycles. The van der Waals surface area contributed by atoms with Gasteiger partial charge in [0.15, 0.2) is 0 Å². The van der Waals surface area contributed by atoms with Gasteiger partial charge in [0.1, 0.15) is 5.54 Å². The molecule has 4 heteroatoms. The van der Waals surface area contributed by atoms with Crippen molar-refractivity contribution in [3.8, 4) is 0 Å². The van der Waals surface area contributed by atoms with Gasteiger partial charge in [0.25, 0.3) is 5.91 Å². The first-order chi connectivity index (χ1) is 11.5. The van der Waals surface area contributed by atoms with Crippen LogP contribution in [0.1, 0.15) is 35.6 Å². The zero-order valence-corrected chi connectivity index (χ0v) is 14.3. The quantitative estimate of drug-likeness (QED) is 0.873. The van der Waals surface area contributed by atoms with Crippen molar-refractivity contribution in [1.29, 1.82) is 0 Å². The number of hydrogen-bond donors (Lipinski definition) is 1. The molecule has 1 aliphatic heterocycles. The lowest BCUT2D eigenvalue weighted by molar-refractivity contribution is -0.132. The van der Waals surface area contributed by atoms with Crippen LogP contribution in [-0.4, -0.2) is 16.8 Å². The van der Waals surface area contributed by atoms with Crippen molar-refractivity contribution in [1.82, 2.24) is 10.2 Å². The number of hydrogen-bond acceptors (Lipinski definition) is 2. The monoisotopic (exact) mass is 322 g/mol. The largest absolute Gasteiger partial charge is 0.325 e. The summed E-state index contributed by atoms with van der Waals surface area (Å²) in [6, 6.07) is 15.2. The van der Waals surface area contributed by atoms with Gasteiger partial charge in [0.05, 0.1) is 6.54 Å². The molecule has 1 aliphatic rings. The SMILES string of the molecule is CC[C@@]1(c2ccccc2)NC(=O)N(Cc2cc(C)cc(C)c2)C1=O. The summed E-state index contributed by atoms with van der Waals surface area (Å²) < 4.78 is 0. The van der Waals surface area contributed by atoms with E-state index in [0.29, 0.717) is 13.0 Å². The van der Waals surface area contributed by atoms with Crippen LogP contribution in [0.15, 0.2) is 48.5 Å². The summed E-state index contributed by atoms with van der Waals surface area (Å²) in [6.45, 7) is 6.25. The van der Waals surface area contributed by atoms with Gasteiger partial charge in [-0.25, -0.2) is 4.79 Å². The minimum atomic E-state index is -0.961. The predicted octanol–water partition coefficient (Wildman–Crippen LogP) is 3.66. The summed E-state index contributed by atoms with van der Waals surface area (Å²) in [6.07, 6.45) is 0.519. The van der Waals surface area contributed by atoms with Crippen LogP contribution in [0.2, 0.25) is 0 Å². The number of nitrogens with zero attached hydrogens (tertiary/aromatic N) is 1. The Hall–Kier alpha value is -2.62. The minimum Gasteiger partial charge on any atom is -0.319 e. The molecule has 24 heavy (non-hydrogen) atoms. The highest BCUT2D eigenvalue weighted by atomic mass is 16.2. The molecule has 2 aromatic carbocycles. The van der Waals surface area contributed by atoms with Crippen molar-refractivity contribution in [3.05, 3.63) is 70.8 Å². The highest BCUT2D eigenvalue weighted by molar-refractivity contribution is 6.07. The maximum atomic E-state index is 13.1. The summed E-state index contributed by atoms with van der Waals surface area (Å²) in [7, 11) is 0. The second kappa shape index (κ2) is 6.11. The first-order valence-electron chi connectivity index (χ1n) is 8.23. The highest BCUT2D eigenvalue weighted by Gasteiger charge is 2.50. The molecule has 0 bridgehead atoms. The lowest BCUT2D eigenvalue weighted by atomic mass is 9.87. The van der Waals surface area contributed by atoms with E-state index in [0.717, 1.165) is 22.3 Å². The number of benzene rings is 2. The van der Waals surface area contributed by atoms with E-state index in [-0.39, 0.29) is 11.9 Å². The average Bonchev–Trinajstić information content (AvgIpc) is 2.80. The van der Waals surface area contributed by atoms with E-state index in [1.807, 2.05) is 63.2 Å². The Kier molecular flexibility index (Phi) is 4.14. The van der Waals surface area contributed by atoms with E-state index in [4.69, 9.17) is 0 Å². The molecule has 0 aromatic heterocycles. The van der Waals surface area contributed by atoms with E-state index in [2.05, 4.69) is 11.4 Å². The van der Waals surface area contributed by atoms with E-state index in [1.54, 1.807) is 0 Å². The number of rotatable bonds is 4. The second-order valence-corrected chi connectivity index (χ2v) is 6.44. The van der Waals surface area contributed by atoms with Gasteiger partial charge in [0.2, 0.25) is 0 Å². The Labute approximate surface area is 142 Å². The molecule has 1 heterocycles. The number of imide groups is 1. The van der Waals surface area contributed by atoms with Gasteiger partial charge in [0, 0.05) is 0 Å². The Morgan fingerprint density at radius 2 is 1.62 bits per heavy atom. The first-order valence-corrected chi connectivity index (χ1v) is 8.23. The average molecular weight is 322 g/mol. The molecule has 0 unspecified atom stereocenters. The van der Waals surface area contributed by atoms with Crippen LogP contribution in [0.25, 0.3) is 0 Å².